The lowest BCUT2D eigenvalue weighted by Gasteiger charge is -2.16. The molecule has 24 heavy (non-hydrogen) atoms. The number of thioether (sulfide) groups is 1. The first-order valence-corrected chi connectivity index (χ1v) is 10.00. The first-order valence-electron chi connectivity index (χ1n) is 8.77. The number of rotatable bonds is 7. The molecule has 2 aromatic rings. The molecule has 1 fully saturated rings. The molecule has 0 spiro atoms. The van der Waals surface area contributed by atoms with Gasteiger partial charge >= 0.3 is 0 Å². The molecule has 1 saturated heterocycles. The topological polar surface area (TPSA) is 12.5 Å². The van der Waals surface area contributed by atoms with Crippen LogP contribution in [0.4, 0.5) is 0 Å². The molecular weight excluding hydrogens is 314 g/mol. The van der Waals surface area contributed by atoms with Crippen LogP contribution in [0.2, 0.25) is 0 Å². The maximum Gasteiger partial charge on any atom is 0.119 e. The highest BCUT2D eigenvalue weighted by atomic mass is 32.2. The van der Waals surface area contributed by atoms with Gasteiger partial charge in [-0.15, -0.1) is 11.8 Å². The van der Waals surface area contributed by atoms with Gasteiger partial charge in [0.15, 0.2) is 0 Å². The summed E-state index contributed by atoms with van der Waals surface area (Å²) in [6.45, 7) is 6.51. The lowest BCUT2D eigenvalue weighted by Crippen LogP contribution is -2.24. The molecule has 1 heterocycles. The van der Waals surface area contributed by atoms with Crippen molar-refractivity contribution in [2.24, 2.45) is 5.92 Å². The lowest BCUT2D eigenvalue weighted by molar-refractivity contribution is 0.241. The molecule has 0 bridgehead atoms. The number of ether oxygens (including phenoxy) is 1. The minimum Gasteiger partial charge on any atom is -0.493 e. The Morgan fingerprint density at radius 2 is 2.00 bits per heavy atom. The fourth-order valence-electron chi connectivity index (χ4n) is 3.29. The molecule has 0 saturated carbocycles. The third-order valence-corrected chi connectivity index (χ3v) is 5.46. The van der Waals surface area contributed by atoms with E-state index in [0.29, 0.717) is 5.92 Å². The van der Waals surface area contributed by atoms with Crippen LogP contribution in [-0.4, -0.2) is 37.4 Å². The van der Waals surface area contributed by atoms with Gasteiger partial charge in [-0.05, 0) is 62.4 Å². The Labute approximate surface area is 150 Å². The van der Waals surface area contributed by atoms with Crippen LogP contribution in [0.15, 0.2) is 53.4 Å². The zero-order chi connectivity index (χ0) is 16.8. The number of likely N-dealkylation sites (tertiary alicyclic amines) is 1. The van der Waals surface area contributed by atoms with E-state index in [4.69, 9.17) is 4.74 Å². The molecule has 0 radical (unpaired) electrons. The molecule has 1 aliphatic rings. The molecule has 1 unspecified atom stereocenters. The summed E-state index contributed by atoms with van der Waals surface area (Å²) in [4.78, 5) is 3.86. The van der Waals surface area contributed by atoms with Crippen molar-refractivity contribution in [3.8, 4) is 5.75 Å². The maximum absolute atomic E-state index is 5.98. The van der Waals surface area contributed by atoms with E-state index in [0.717, 1.165) is 31.9 Å². The van der Waals surface area contributed by atoms with Crippen LogP contribution in [0.5, 0.6) is 5.75 Å². The van der Waals surface area contributed by atoms with Gasteiger partial charge in [0.05, 0.1) is 6.61 Å². The molecule has 0 aromatic heterocycles. The second-order valence-electron chi connectivity index (χ2n) is 6.68. The van der Waals surface area contributed by atoms with Crippen LogP contribution in [0.3, 0.4) is 0 Å². The minimum absolute atomic E-state index is 0.655. The molecule has 1 atom stereocenters. The molecule has 0 N–H and O–H groups in total. The van der Waals surface area contributed by atoms with E-state index < -0.39 is 0 Å². The second-order valence-corrected chi connectivity index (χ2v) is 7.56. The summed E-state index contributed by atoms with van der Waals surface area (Å²) < 4.78 is 5.98. The molecule has 3 heteroatoms. The average molecular weight is 342 g/mol. The van der Waals surface area contributed by atoms with E-state index in [-0.39, 0.29) is 0 Å². The van der Waals surface area contributed by atoms with Crippen molar-refractivity contribution in [1.29, 1.82) is 0 Å². The first-order chi connectivity index (χ1) is 11.7. The number of nitrogens with zero attached hydrogens (tertiary/aromatic N) is 1. The van der Waals surface area contributed by atoms with Gasteiger partial charge < -0.3 is 9.64 Å². The van der Waals surface area contributed by atoms with E-state index >= 15 is 0 Å². The Balaban J connectivity index is 1.40. The number of hydrogen-bond donors (Lipinski definition) is 0. The summed E-state index contributed by atoms with van der Waals surface area (Å²) in [5.74, 6) is 1.65. The summed E-state index contributed by atoms with van der Waals surface area (Å²) in [5, 5.41) is 0. The number of aryl methyl sites for hydroxylation is 1. The highest BCUT2D eigenvalue weighted by Crippen LogP contribution is 2.22. The normalized spacial score (nSPS) is 18.0. The molecule has 0 amide bonds. The molecule has 128 valence electrons. The Kier molecular flexibility index (Phi) is 6.22. The van der Waals surface area contributed by atoms with Crippen molar-refractivity contribution in [3.05, 3.63) is 59.7 Å². The summed E-state index contributed by atoms with van der Waals surface area (Å²) in [6, 6.07) is 17.3. The van der Waals surface area contributed by atoms with Gasteiger partial charge in [0, 0.05) is 23.9 Å². The molecule has 2 aromatic carbocycles. The van der Waals surface area contributed by atoms with Crippen LogP contribution in [-0.2, 0) is 6.42 Å². The van der Waals surface area contributed by atoms with E-state index in [1.165, 1.54) is 29.0 Å². The fourth-order valence-corrected chi connectivity index (χ4v) is 3.70. The molecule has 2 nitrogen and oxygen atoms in total. The monoisotopic (exact) mass is 341 g/mol. The van der Waals surface area contributed by atoms with Gasteiger partial charge in [0.2, 0.25) is 0 Å². The average Bonchev–Trinajstić information content (AvgIpc) is 3.07. The van der Waals surface area contributed by atoms with E-state index in [9.17, 15) is 0 Å². The van der Waals surface area contributed by atoms with Crippen molar-refractivity contribution >= 4 is 11.8 Å². The standard InChI is InChI=1S/C21H27NOS/c1-17-4-3-5-18(14-17)10-12-22-13-11-19(15-22)16-23-20-6-8-21(24-2)9-7-20/h3-9,14,19H,10-13,15-16H2,1-2H3. The number of hydrogen-bond acceptors (Lipinski definition) is 3. The minimum atomic E-state index is 0.655. The second kappa shape index (κ2) is 8.59. The van der Waals surface area contributed by atoms with Crippen molar-refractivity contribution in [1.82, 2.24) is 4.90 Å². The highest BCUT2D eigenvalue weighted by molar-refractivity contribution is 7.98. The molecule has 1 aliphatic heterocycles. The van der Waals surface area contributed by atoms with Gasteiger partial charge in [-0.2, -0.15) is 0 Å². The third kappa shape index (κ3) is 5.02. The van der Waals surface area contributed by atoms with Gasteiger partial charge in [0.1, 0.15) is 5.75 Å². The van der Waals surface area contributed by atoms with Gasteiger partial charge in [-0.3, -0.25) is 0 Å². The fraction of sp³-hybridized carbons (Fsp3) is 0.429. The Hall–Kier alpha value is -1.45. The van der Waals surface area contributed by atoms with Crippen LogP contribution < -0.4 is 4.74 Å². The summed E-state index contributed by atoms with van der Waals surface area (Å²) in [6.07, 6.45) is 4.49. The first kappa shape index (κ1) is 17.4. The van der Waals surface area contributed by atoms with Crippen molar-refractivity contribution in [2.45, 2.75) is 24.7 Å². The predicted molar refractivity (Wildman–Crippen MR) is 103 cm³/mol. The van der Waals surface area contributed by atoms with Crippen molar-refractivity contribution in [2.75, 3.05) is 32.5 Å². The van der Waals surface area contributed by atoms with Crippen LogP contribution >= 0.6 is 11.8 Å². The molecule has 3 rings (SSSR count). The van der Waals surface area contributed by atoms with E-state index in [1.807, 2.05) is 0 Å². The molecular formula is C21H27NOS. The SMILES string of the molecule is CSc1ccc(OCC2CCN(CCc3cccc(C)c3)C2)cc1. The van der Waals surface area contributed by atoms with Gasteiger partial charge in [0.25, 0.3) is 0 Å². The van der Waals surface area contributed by atoms with Crippen LogP contribution in [0, 0.1) is 12.8 Å². The van der Waals surface area contributed by atoms with Crippen molar-refractivity contribution < 1.29 is 4.74 Å². The smallest absolute Gasteiger partial charge is 0.119 e. The summed E-state index contributed by atoms with van der Waals surface area (Å²) in [5.41, 5.74) is 2.80. The summed E-state index contributed by atoms with van der Waals surface area (Å²) in [7, 11) is 0. The predicted octanol–water partition coefficient (Wildman–Crippen LogP) is 4.66. The zero-order valence-corrected chi connectivity index (χ0v) is 15.5. The number of benzene rings is 2. The molecule has 0 aliphatic carbocycles. The van der Waals surface area contributed by atoms with Gasteiger partial charge in [-0.25, -0.2) is 0 Å². The lowest BCUT2D eigenvalue weighted by atomic mass is 10.1. The quantitative estimate of drug-likeness (QED) is 0.680. The van der Waals surface area contributed by atoms with Gasteiger partial charge in [-0.1, -0.05) is 29.8 Å². The zero-order valence-electron chi connectivity index (χ0n) is 14.7. The Morgan fingerprint density at radius 1 is 1.17 bits per heavy atom. The summed E-state index contributed by atoms with van der Waals surface area (Å²) >= 11 is 1.76. The van der Waals surface area contributed by atoms with E-state index in [1.54, 1.807) is 11.8 Å². The van der Waals surface area contributed by atoms with Crippen LogP contribution in [0.25, 0.3) is 0 Å². The van der Waals surface area contributed by atoms with Crippen molar-refractivity contribution in [3.63, 3.8) is 0 Å². The Bertz CT molecular complexity index is 641. The largest absolute Gasteiger partial charge is 0.493 e. The Morgan fingerprint density at radius 3 is 2.75 bits per heavy atom. The maximum atomic E-state index is 5.98. The third-order valence-electron chi connectivity index (χ3n) is 4.71. The van der Waals surface area contributed by atoms with E-state index in [2.05, 4.69) is 66.6 Å². The highest BCUT2D eigenvalue weighted by Gasteiger charge is 2.22. The van der Waals surface area contributed by atoms with Crippen LogP contribution in [0.1, 0.15) is 17.5 Å².